The Morgan fingerprint density at radius 2 is 2.10 bits per heavy atom. The number of nitrogens with one attached hydrogen (secondary N) is 1. The molecule has 0 radical (unpaired) electrons. The van der Waals surface area contributed by atoms with Crippen molar-refractivity contribution >= 4 is 23.1 Å². The second kappa shape index (κ2) is 7.89. The van der Waals surface area contributed by atoms with Gasteiger partial charge in [0.05, 0.1) is 18.0 Å². The Hall–Kier alpha value is -3.23. The zero-order valence-electron chi connectivity index (χ0n) is 16.9. The molecule has 2 heterocycles. The highest BCUT2D eigenvalue weighted by Crippen LogP contribution is 2.40. The summed E-state index contributed by atoms with van der Waals surface area (Å²) in [6.07, 6.45) is 3.40. The van der Waals surface area contributed by atoms with Gasteiger partial charge < -0.3 is 20.3 Å². The number of benzene rings is 1. The second-order valence-corrected chi connectivity index (χ2v) is 7.93. The summed E-state index contributed by atoms with van der Waals surface area (Å²) in [7, 11) is 0. The molecule has 158 valence electrons. The smallest absolute Gasteiger partial charge is 0.242 e. The first-order chi connectivity index (χ1) is 14.4. The monoisotopic (exact) mass is 412 g/mol. The lowest BCUT2D eigenvalue weighted by Crippen LogP contribution is -2.51. The van der Waals surface area contributed by atoms with E-state index in [1.54, 1.807) is 18.2 Å². The number of halogens is 1. The largest absolute Gasteiger partial charge is 0.488 e. The number of nitrogens with two attached hydrogens (primary N) is 1. The van der Waals surface area contributed by atoms with Crippen LogP contribution in [0.3, 0.4) is 0 Å². The Balaban J connectivity index is 1.53. The van der Waals surface area contributed by atoms with Gasteiger partial charge in [-0.2, -0.15) is 0 Å². The molecule has 0 bridgehead atoms. The SMILES string of the molecule is CC1(Oc2ccc(N)c(C(=N)c3cc(N4CCN(CCF)C(=O)C4)ncn3)c2)CC1. The van der Waals surface area contributed by atoms with Crippen molar-refractivity contribution in [1.82, 2.24) is 14.9 Å². The molecule has 1 amide bonds. The Labute approximate surface area is 174 Å². The summed E-state index contributed by atoms with van der Waals surface area (Å²) in [5, 5.41) is 8.63. The minimum absolute atomic E-state index is 0.114. The van der Waals surface area contributed by atoms with Gasteiger partial charge in [0, 0.05) is 37.0 Å². The van der Waals surface area contributed by atoms with Crippen molar-refractivity contribution in [3.8, 4) is 5.75 Å². The van der Waals surface area contributed by atoms with Gasteiger partial charge in [0.2, 0.25) is 5.91 Å². The number of nitrogen functional groups attached to an aromatic ring is 1. The number of rotatable bonds is 7. The van der Waals surface area contributed by atoms with Crippen LogP contribution in [0.5, 0.6) is 5.75 Å². The fraction of sp³-hybridized carbons (Fsp3) is 0.429. The van der Waals surface area contributed by atoms with Crippen LogP contribution in [0.2, 0.25) is 0 Å². The average Bonchev–Trinajstić information content (AvgIpc) is 3.47. The zero-order valence-corrected chi connectivity index (χ0v) is 16.9. The van der Waals surface area contributed by atoms with E-state index in [9.17, 15) is 9.18 Å². The summed E-state index contributed by atoms with van der Waals surface area (Å²) in [5.74, 6) is 1.08. The number of hydrogen-bond acceptors (Lipinski definition) is 7. The first-order valence-corrected chi connectivity index (χ1v) is 9.97. The third-order valence-electron chi connectivity index (χ3n) is 5.52. The molecule has 0 spiro atoms. The van der Waals surface area contributed by atoms with Crippen molar-refractivity contribution in [3.63, 3.8) is 0 Å². The van der Waals surface area contributed by atoms with Gasteiger partial charge >= 0.3 is 0 Å². The molecule has 30 heavy (non-hydrogen) atoms. The van der Waals surface area contributed by atoms with Gasteiger partial charge in [0.15, 0.2) is 0 Å². The first kappa shape index (κ1) is 20.1. The summed E-state index contributed by atoms with van der Waals surface area (Å²) in [5.41, 5.74) is 7.54. The fourth-order valence-electron chi connectivity index (χ4n) is 3.42. The molecule has 2 aromatic rings. The molecule has 2 aliphatic rings. The van der Waals surface area contributed by atoms with E-state index in [0.717, 1.165) is 12.8 Å². The standard InChI is InChI=1S/C21H25FN6O2/c1-21(4-5-21)30-14-2-3-16(23)15(10-14)20(24)17-11-18(26-13-25-17)28-9-8-27(7-6-22)19(29)12-28/h2-3,10-11,13,24H,4-9,12,23H2,1H3. The van der Waals surface area contributed by atoms with E-state index in [4.69, 9.17) is 15.9 Å². The van der Waals surface area contributed by atoms with Gasteiger partial charge in [-0.25, -0.2) is 14.4 Å². The van der Waals surface area contributed by atoms with Crippen molar-refractivity contribution in [2.75, 3.05) is 43.5 Å². The molecule has 1 aromatic heterocycles. The summed E-state index contributed by atoms with van der Waals surface area (Å²) in [6.45, 7) is 2.71. The van der Waals surface area contributed by atoms with Gasteiger partial charge in [-0.3, -0.25) is 10.2 Å². The maximum Gasteiger partial charge on any atom is 0.242 e. The van der Waals surface area contributed by atoms with E-state index in [0.29, 0.717) is 41.6 Å². The molecular weight excluding hydrogens is 387 g/mol. The van der Waals surface area contributed by atoms with E-state index >= 15 is 0 Å². The predicted molar refractivity (Wildman–Crippen MR) is 112 cm³/mol. The molecular formula is C21H25FN6O2. The molecule has 1 aliphatic carbocycles. The second-order valence-electron chi connectivity index (χ2n) is 7.93. The number of nitrogens with zero attached hydrogens (tertiary/aromatic N) is 4. The molecule has 1 aliphatic heterocycles. The lowest BCUT2D eigenvalue weighted by Gasteiger charge is -2.34. The number of carbonyl (C=O) groups is 1. The van der Waals surface area contributed by atoms with Crippen LogP contribution in [0.1, 0.15) is 31.0 Å². The molecule has 2 fully saturated rings. The Kier molecular flexibility index (Phi) is 5.27. The van der Waals surface area contributed by atoms with Crippen LogP contribution < -0.4 is 15.4 Å². The Morgan fingerprint density at radius 1 is 1.30 bits per heavy atom. The number of hydrogen-bond donors (Lipinski definition) is 2. The summed E-state index contributed by atoms with van der Waals surface area (Å²) in [6, 6.07) is 6.98. The Bertz CT molecular complexity index is 978. The van der Waals surface area contributed by atoms with E-state index in [-0.39, 0.29) is 30.3 Å². The van der Waals surface area contributed by atoms with Crippen molar-refractivity contribution in [2.24, 2.45) is 0 Å². The lowest BCUT2D eigenvalue weighted by molar-refractivity contribution is -0.131. The van der Waals surface area contributed by atoms with E-state index in [2.05, 4.69) is 16.9 Å². The quantitative estimate of drug-likeness (QED) is 0.532. The van der Waals surface area contributed by atoms with E-state index in [1.807, 2.05) is 11.0 Å². The van der Waals surface area contributed by atoms with Gasteiger partial charge in [-0.15, -0.1) is 0 Å². The van der Waals surface area contributed by atoms with Crippen molar-refractivity contribution in [1.29, 1.82) is 5.41 Å². The van der Waals surface area contributed by atoms with Gasteiger partial charge in [0.1, 0.15) is 30.2 Å². The van der Waals surface area contributed by atoms with Crippen LogP contribution >= 0.6 is 0 Å². The molecule has 3 N–H and O–H groups in total. The first-order valence-electron chi connectivity index (χ1n) is 9.97. The van der Waals surface area contributed by atoms with E-state index < -0.39 is 6.67 Å². The highest BCUT2D eigenvalue weighted by molar-refractivity contribution is 6.13. The number of piperazine rings is 1. The van der Waals surface area contributed by atoms with Crippen LogP contribution in [-0.2, 0) is 4.79 Å². The average molecular weight is 412 g/mol. The summed E-state index contributed by atoms with van der Waals surface area (Å²) < 4.78 is 18.6. The number of ether oxygens (including phenoxy) is 1. The number of anilines is 2. The number of aromatic nitrogens is 2. The molecule has 1 saturated heterocycles. The van der Waals surface area contributed by atoms with Crippen LogP contribution in [0.25, 0.3) is 0 Å². The Morgan fingerprint density at radius 3 is 2.80 bits per heavy atom. The highest BCUT2D eigenvalue weighted by Gasteiger charge is 2.40. The molecule has 1 aromatic carbocycles. The fourth-order valence-corrected chi connectivity index (χ4v) is 3.42. The van der Waals surface area contributed by atoms with Gasteiger partial charge in [-0.1, -0.05) is 0 Å². The third kappa shape index (κ3) is 4.19. The molecule has 4 rings (SSSR count). The maximum absolute atomic E-state index is 12.6. The van der Waals surface area contributed by atoms with Crippen LogP contribution in [-0.4, -0.2) is 64.9 Å². The molecule has 1 saturated carbocycles. The molecule has 8 nitrogen and oxygen atoms in total. The highest BCUT2D eigenvalue weighted by atomic mass is 19.1. The van der Waals surface area contributed by atoms with E-state index in [1.165, 1.54) is 11.2 Å². The third-order valence-corrected chi connectivity index (χ3v) is 5.52. The predicted octanol–water partition coefficient (Wildman–Crippen LogP) is 2.02. The minimum atomic E-state index is -0.552. The van der Waals surface area contributed by atoms with Crippen molar-refractivity contribution < 1.29 is 13.9 Å². The lowest BCUT2D eigenvalue weighted by atomic mass is 10.0. The topological polar surface area (TPSA) is 108 Å². The molecule has 0 atom stereocenters. The maximum atomic E-state index is 12.6. The summed E-state index contributed by atoms with van der Waals surface area (Å²) >= 11 is 0. The normalized spacial score (nSPS) is 17.7. The number of carbonyl (C=O) groups excluding carboxylic acids is 1. The van der Waals surface area contributed by atoms with Crippen molar-refractivity contribution in [3.05, 3.63) is 41.9 Å². The van der Waals surface area contributed by atoms with Crippen LogP contribution in [0.4, 0.5) is 15.9 Å². The number of amides is 1. The van der Waals surface area contributed by atoms with Gasteiger partial charge in [-0.05, 0) is 38.0 Å². The summed E-state index contributed by atoms with van der Waals surface area (Å²) in [4.78, 5) is 24.0. The van der Waals surface area contributed by atoms with Crippen molar-refractivity contribution in [2.45, 2.75) is 25.4 Å². The molecule has 9 heteroatoms. The number of alkyl halides is 1. The zero-order chi connectivity index (χ0) is 21.3. The minimum Gasteiger partial charge on any atom is -0.488 e. The van der Waals surface area contributed by atoms with Crippen LogP contribution in [0.15, 0.2) is 30.6 Å². The van der Waals surface area contributed by atoms with Gasteiger partial charge in [0.25, 0.3) is 0 Å². The van der Waals surface area contributed by atoms with Crippen LogP contribution in [0, 0.1) is 5.41 Å². The molecule has 0 unspecified atom stereocenters.